The van der Waals surface area contributed by atoms with E-state index in [-0.39, 0.29) is 0 Å². The summed E-state index contributed by atoms with van der Waals surface area (Å²) in [5.41, 5.74) is -0.494. The third kappa shape index (κ3) is 7.89. The minimum Gasteiger partial charge on any atom is -0.366 e. The Bertz CT molecular complexity index is 324. The van der Waals surface area contributed by atoms with E-state index < -0.39 is 19.9 Å². The first-order valence-corrected chi connectivity index (χ1v) is 13.9. The van der Waals surface area contributed by atoms with Gasteiger partial charge in [-0.15, -0.1) is 0 Å². The molecular formula is C18H40O3P2. The van der Waals surface area contributed by atoms with Crippen LogP contribution in [0.15, 0.2) is 0 Å². The minimum absolute atomic E-state index is 0.494. The van der Waals surface area contributed by atoms with E-state index in [1.807, 2.05) is 0 Å². The molecule has 0 radical (unpaired) electrons. The standard InChI is InChI=1S/C18H40O3P2/c1-6-10-14-22(19,15-11-7-2)18(21-5)23(20,16-12-8-3)17-13-9-4/h18H,6-17H2,1-5H3. The van der Waals surface area contributed by atoms with Crippen molar-refractivity contribution in [3.63, 3.8) is 0 Å². The van der Waals surface area contributed by atoms with Gasteiger partial charge in [-0.25, -0.2) is 0 Å². The molecule has 0 aromatic carbocycles. The lowest BCUT2D eigenvalue weighted by Crippen LogP contribution is -2.20. The van der Waals surface area contributed by atoms with Crippen molar-refractivity contribution in [2.45, 2.75) is 84.6 Å². The van der Waals surface area contributed by atoms with Gasteiger partial charge in [0.25, 0.3) is 0 Å². The first kappa shape index (κ1) is 23.4. The average molecular weight is 366 g/mol. The second kappa shape index (κ2) is 12.7. The summed E-state index contributed by atoms with van der Waals surface area (Å²) in [5.74, 6) is 0. The Hall–Kier alpha value is 0.420. The maximum Gasteiger partial charge on any atom is 0.162 e. The summed E-state index contributed by atoms with van der Waals surface area (Å²) >= 11 is 0. The van der Waals surface area contributed by atoms with E-state index in [1.165, 1.54) is 0 Å². The van der Waals surface area contributed by atoms with Crippen molar-refractivity contribution in [2.24, 2.45) is 0 Å². The molecule has 0 saturated heterocycles. The van der Waals surface area contributed by atoms with Crippen LogP contribution in [-0.4, -0.2) is 37.3 Å². The Morgan fingerprint density at radius 1 is 0.652 bits per heavy atom. The Labute approximate surface area is 145 Å². The summed E-state index contributed by atoms with van der Waals surface area (Å²) in [6.07, 6.45) is 10.7. The van der Waals surface area contributed by atoms with Crippen LogP contribution in [0.3, 0.4) is 0 Å². The second-order valence-corrected chi connectivity index (χ2v) is 13.7. The van der Waals surface area contributed by atoms with Gasteiger partial charge in [0.05, 0.1) is 0 Å². The maximum absolute atomic E-state index is 13.7. The first-order valence-electron chi connectivity index (χ1n) is 9.62. The third-order valence-corrected chi connectivity index (χ3v) is 13.4. The van der Waals surface area contributed by atoms with Gasteiger partial charge in [-0.1, -0.05) is 53.4 Å². The van der Waals surface area contributed by atoms with E-state index >= 15 is 0 Å². The fourth-order valence-corrected chi connectivity index (χ4v) is 13.1. The summed E-state index contributed by atoms with van der Waals surface area (Å²) in [5, 5.41) is 0. The number of hydrogen-bond donors (Lipinski definition) is 0. The zero-order valence-electron chi connectivity index (χ0n) is 16.2. The molecule has 0 aliphatic rings. The van der Waals surface area contributed by atoms with Crippen LogP contribution >= 0.6 is 14.3 Å². The van der Waals surface area contributed by atoms with Crippen LogP contribution in [0.2, 0.25) is 0 Å². The number of methoxy groups -OCH3 is 1. The van der Waals surface area contributed by atoms with Crippen molar-refractivity contribution in [3.8, 4) is 0 Å². The summed E-state index contributed by atoms with van der Waals surface area (Å²) in [6, 6.07) is 0. The van der Waals surface area contributed by atoms with Crippen LogP contribution in [0.1, 0.15) is 79.1 Å². The largest absolute Gasteiger partial charge is 0.366 e. The van der Waals surface area contributed by atoms with Gasteiger partial charge < -0.3 is 13.9 Å². The number of ether oxygens (including phenoxy) is 1. The zero-order valence-corrected chi connectivity index (χ0v) is 18.0. The second-order valence-electron chi connectivity index (χ2n) is 6.78. The molecule has 0 heterocycles. The third-order valence-electron chi connectivity index (χ3n) is 4.58. The predicted molar refractivity (Wildman–Crippen MR) is 105 cm³/mol. The summed E-state index contributed by atoms with van der Waals surface area (Å²) in [6.45, 7) is 8.50. The number of unbranched alkanes of at least 4 members (excludes halogenated alkanes) is 4. The highest BCUT2D eigenvalue weighted by Crippen LogP contribution is 2.69. The van der Waals surface area contributed by atoms with Gasteiger partial charge >= 0.3 is 0 Å². The van der Waals surface area contributed by atoms with E-state index in [0.717, 1.165) is 51.4 Å². The van der Waals surface area contributed by atoms with Crippen molar-refractivity contribution in [1.29, 1.82) is 0 Å². The molecule has 0 spiro atoms. The van der Waals surface area contributed by atoms with Crippen molar-refractivity contribution >= 4 is 14.3 Å². The molecular weight excluding hydrogens is 326 g/mol. The Morgan fingerprint density at radius 3 is 1.09 bits per heavy atom. The topological polar surface area (TPSA) is 43.4 Å². The highest BCUT2D eigenvalue weighted by Gasteiger charge is 2.44. The molecule has 0 N–H and O–H groups in total. The fourth-order valence-electron chi connectivity index (χ4n) is 3.14. The van der Waals surface area contributed by atoms with Gasteiger partial charge in [-0.2, -0.15) is 0 Å². The molecule has 23 heavy (non-hydrogen) atoms. The van der Waals surface area contributed by atoms with Crippen LogP contribution in [-0.2, 0) is 13.9 Å². The molecule has 0 aromatic rings. The van der Waals surface area contributed by atoms with Gasteiger partial charge in [0.1, 0.15) is 14.3 Å². The van der Waals surface area contributed by atoms with Crippen LogP contribution < -0.4 is 0 Å². The Kier molecular flexibility index (Phi) is 13.0. The molecule has 0 atom stereocenters. The number of rotatable bonds is 15. The van der Waals surface area contributed by atoms with Gasteiger partial charge in [-0.05, 0) is 25.7 Å². The first-order chi connectivity index (χ1) is 10.9. The summed E-state index contributed by atoms with van der Waals surface area (Å²) < 4.78 is 33.2. The molecule has 0 amide bonds. The van der Waals surface area contributed by atoms with Crippen LogP contribution in [0, 0.1) is 0 Å². The molecule has 0 aliphatic carbocycles. The van der Waals surface area contributed by atoms with Crippen molar-refractivity contribution < 1.29 is 13.9 Å². The molecule has 0 bridgehead atoms. The predicted octanol–water partition coefficient (Wildman–Crippen LogP) is 6.84. The molecule has 0 aromatic heterocycles. The van der Waals surface area contributed by atoms with Crippen molar-refractivity contribution in [1.82, 2.24) is 0 Å². The van der Waals surface area contributed by atoms with Crippen molar-refractivity contribution in [2.75, 3.05) is 31.8 Å². The van der Waals surface area contributed by atoms with Gasteiger partial charge in [0.2, 0.25) is 0 Å². The Morgan fingerprint density at radius 2 is 0.913 bits per heavy atom. The fraction of sp³-hybridized carbons (Fsp3) is 1.00. The minimum atomic E-state index is -2.55. The molecule has 0 unspecified atom stereocenters. The van der Waals surface area contributed by atoms with E-state index in [9.17, 15) is 9.13 Å². The monoisotopic (exact) mass is 366 g/mol. The highest BCUT2D eigenvalue weighted by molar-refractivity contribution is 7.81. The molecule has 0 saturated carbocycles. The SMILES string of the molecule is CCCCP(=O)(CCCC)C(OC)P(=O)(CCCC)CCCC. The average Bonchev–Trinajstić information content (AvgIpc) is 2.55. The van der Waals surface area contributed by atoms with Crippen LogP contribution in [0.5, 0.6) is 0 Å². The zero-order chi connectivity index (χ0) is 17.8. The van der Waals surface area contributed by atoms with E-state index in [2.05, 4.69) is 27.7 Å². The van der Waals surface area contributed by atoms with E-state index in [0.29, 0.717) is 24.6 Å². The van der Waals surface area contributed by atoms with Crippen molar-refractivity contribution in [3.05, 3.63) is 0 Å². The molecule has 140 valence electrons. The molecule has 3 nitrogen and oxygen atoms in total. The van der Waals surface area contributed by atoms with Gasteiger partial charge in [0.15, 0.2) is 5.59 Å². The lowest BCUT2D eigenvalue weighted by atomic mass is 10.4. The van der Waals surface area contributed by atoms with Gasteiger partial charge in [0, 0.05) is 31.8 Å². The molecule has 0 aliphatic heterocycles. The van der Waals surface area contributed by atoms with E-state index in [4.69, 9.17) is 4.74 Å². The maximum atomic E-state index is 13.7. The van der Waals surface area contributed by atoms with E-state index in [1.54, 1.807) is 7.11 Å². The normalized spacial score (nSPS) is 13.0. The lowest BCUT2D eigenvalue weighted by Gasteiger charge is -2.33. The summed E-state index contributed by atoms with van der Waals surface area (Å²) in [4.78, 5) is 0. The highest BCUT2D eigenvalue weighted by atomic mass is 31.2. The smallest absolute Gasteiger partial charge is 0.162 e. The van der Waals surface area contributed by atoms with Crippen LogP contribution in [0.4, 0.5) is 0 Å². The molecule has 5 heteroatoms. The lowest BCUT2D eigenvalue weighted by molar-refractivity contribution is 0.213. The Balaban J connectivity index is 5.49. The number of hydrogen-bond acceptors (Lipinski definition) is 3. The molecule has 0 rings (SSSR count). The van der Waals surface area contributed by atoms with Crippen LogP contribution in [0.25, 0.3) is 0 Å². The van der Waals surface area contributed by atoms with Gasteiger partial charge in [-0.3, -0.25) is 0 Å². The molecule has 0 fully saturated rings. The summed E-state index contributed by atoms with van der Waals surface area (Å²) in [7, 11) is -3.47. The quantitative estimate of drug-likeness (QED) is 0.298.